The topological polar surface area (TPSA) is 129 Å². The molecule has 37 heavy (non-hydrogen) atoms. The maximum absolute atomic E-state index is 12.3. The quantitative estimate of drug-likeness (QED) is 0.438. The molecule has 0 aliphatic heterocycles. The van der Waals surface area contributed by atoms with Gasteiger partial charge in [0.15, 0.2) is 0 Å². The maximum Gasteiger partial charge on any atom is 0.490 e. The molecular formula is C24H33F3N6O4. The number of ether oxygens (including phenoxy) is 1. The van der Waals surface area contributed by atoms with E-state index in [1.54, 1.807) is 13.2 Å². The highest BCUT2D eigenvalue weighted by molar-refractivity contribution is 5.89. The average molecular weight is 527 g/mol. The van der Waals surface area contributed by atoms with Gasteiger partial charge in [0.1, 0.15) is 11.6 Å². The number of halogens is 3. The summed E-state index contributed by atoms with van der Waals surface area (Å²) >= 11 is 0. The number of aromatic nitrogens is 2. The van der Waals surface area contributed by atoms with E-state index >= 15 is 0 Å². The molecule has 0 saturated heterocycles. The van der Waals surface area contributed by atoms with E-state index in [9.17, 15) is 18.0 Å². The van der Waals surface area contributed by atoms with Gasteiger partial charge in [0.25, 0.3) is 0 Å². The van der Waals surface area contributed by atoms with Gasteiger partial charge in [-0.2, -0.15) is 18.2 Å². The second kappa shape index (κ2) is 13.0. The number of alkyl halides is 3. The largest absolute Gasteiger partial charge is 0.497 e. The number of carbonyl (C=O) groups is 2. The van der Waals surface area contributed by atoms with Crippen molar-refractivity contribution < 1.29 is 32.6 Å². The number of carboxylic acids is 1. The summed E-state index contributed by atoms with van der Waals surface area (Å²) in [6.45, 7) is 4.05. The Morgan fingerprint density at radius 3 is 2.22 bits per heavy atom. The van der Waals surface area contributed by atoms with Crippen molar-refractivity contribution in [1.29, 1.82) is 0 Å². The lowest BCUT2D eigenvalue weighted by molar-refractivity contribution is -0.192. The van der Waals surface area contributed by atoms with Crippen LogP contribution < -0.4 is 25.6 Å². The first-order valence-electron chi connectivity index (χ1n) is 11.6. The fourth-order valence-corrected chi connectivity index (χ4v) is 3.73. The first-order valence-corrected chi connectivity index (χ1v) is 11.6. The number of carboxylic acid groups (broad SMARTS) is 1. The highest BCUT2D eigenvalue weighted by Crippen LogP contribution is 2.24. The van der Waals surface area contributed by atoms with Crippen molar-refractivity contribution in [3.63, 3.8) is 0 Å². The van der Waals surface area contributed by atoms with Gasteiger partial charge in [-0.3, -0.25) is 0 Å². The number of methoxy groups -OCH3 is 1. The molecule has 4 N–H and O–H groups in total. The Hall–Kier alpha value is -3.77. The van der Waals surface area contributed by atoms with Crippen LogP contribution in [0.2, 0.25) is 0 Å². The highest BCUT2D eigenvalue weighted by Gasteiger charge is 2.38. The van der Waals surface area contributed by atoms with Gasteiger partial charge in [0.05, 0.1) is 7.11 Å². The van der Waals surface area contributed by atoms with E-state index in [-0.39, 0.29) is 12.1 Å². The SMILES string of the molecule is COc1cccc(NC(=O)NC2CCC(Nc3nc(C)c(C)c(N(C)C)n3)CC2)c1.O=C(O)C(F)(F)F. The molecule has 1 aromatic heterocycles. The summed E-state index contributed by atoms with van der Waals surface area (Å²) < 4.78 is 36.9. The molecule has 1 heterocycles. The van der Waals surface area contributed by atoms with Crippen LogP contribution in [0.3, 0.4) is 0 Å². The zero-order valence-electron chi connectivity index (χ0n) is 21.4. The minimum Gasteiger partial charge on any atom is -0.497 e. The van der Waals surface area contributed by atoms with E-state index < -0.39 is 12.1 Å². The molecule has 1 aliphatic rings. The molecular weight excluding hydrogens is 493 g/mol. The Balaban J connectivity index is 0.000000604. The summed E-state index contributed by atoms with van der Waals surface area (Å²) in [4.78, 5) is 32.5. The van der Waals surface area contributed by atoms with Gasteiger partial charge in [-0.15, -0.1) is 0 Å². The van der Waals surface area contributed by atoms with Crippen LogP contribution in [0.5, 0.6) is 5.75 Å². The molecule has 204 valence electrons. The van der Waals surface area contributed by atoms with E-state index in [2.05, 4.69) is 25.9 Å². The molecule has 10 nitrogen and oxygen atoms in total. The predicted molar refractivity (Wildman–Crippen MR) is 134 cm³/mol. The number of carbonyl (C=O) groups excluding carboxylic acids is 1. The fraction of sp³-hybridized carbons (Fsp3) is 0.500. The van der Waals surface area contributed by atoms with Gasteiger partial charge in [-0.05, 0) is 51.7 Å². The van der Waals surface area contributed by atoms with Crippen LogP contribution >= 0.6 is 0 Å². The monoisotopic (exact) mass is 526 g/mol. The van der Waals surface area contributed by atoms with E-state index in [1.165, 1.54) is 0 Å². The molecule has 3 rings (SSSR count). The number of rotatable bonds is 6. The zero-order valence-corrected chi connectivity index (χ0v) is 21.4. The lowest BCUT2D eigenvalue weighted by atomic mass is 9.91. The van der Waals surface area contributed by atoms with Crippen LogP contribution in [0.25, 0.3) is 0 Å². The van der Waals surface area contributed by atoms with Crippen LogP contribution in [0.4, 0.5) is 35.4 Å². The van der Waals surface area contributed by atoms with Crippen LogP contribution in [0, 0.1) is 13.8 Å². The van der Waals surface area contributed by atoms with Crippen LogP contribution in [-0.4, -0.2) is 66.5 Å². The molecule has 1 aliphatic carbocycles. The number of urea groups is 1. The number of anilines is 3. The Bertz CT molecular complexity index is 1070. The van der Waals surface area contributed by atoms with Gasteiger partial charge in [-0.1, -0.05) is 6.07 Å². The lowest BCUT2D eigenvalue weighted by Gasteiger charge is -2.30. The Labute approximate surface area is 213 Å². The van der Waals surface area contributed by atoms with Crippen molar-refractivity contribution in [2.24, 2.45) is 0 Å². The summed E-state index contributed by atoms with van der Waals surface area (Å²) in [5.74, 6) is -0.429. The minimum absolute atomic E-state index is 0.159. The normalized spacial score (nSPS) is 17.1. The van der Waals surface area contributed by atoms with Crippen LogP contribution in [0.15, 0.2) is 24.3 Å². The standard InChI is InChI=1S/C22H32N6O2.C2HF3O2/c1-14-15(2)23-21(27-20(14)28(3)4)24-16-9-11-17(12-10-16)25-22(29)26-18-7-6-8-19(13-18)30-5;3-2(4,5)1(6)7/h6-8,13,16-17H,9-12H2,1-5H3,(H,23,24,27)(H2,25,26,29);(H,6,7). The first-order chi connectivity index (χ1) is 17.3. The second-order valence-corrected chi connectivity index (χ2v) is 8.80. The molecule has 0 unspecified atom stereocenters. The van der Waals surface area contributed by atoms with Gasteiger partial charge in [0.2, 0.25) is 5.95 Å². The van der Waals surface area contributed by atoms with Crippen LogP contribution in [-0.2, 0) is 4.79 Å². The molecule has 0 atom stereocenters. The molecule has 2 aromatic rings. The van der Waals surface area contributed by atoms with Gasteiger partial charge < -0.3 is 30.7 Å². The van der Waals surface area contributed by atoms with E-state index in [0.717, 1.165) is 42.8 Å². The molecule has 1 saturated carbocycles. The van der Waals surface area contributed by atoms with Crippen molar-refractivity contribution in [2.75, 3.05) is 36.7 Å². The number of aryl methyl sites for hydroxylation is 1. The second-order valence-electron chi connectivity index (χ2n) is 8.80. The Morgan fingerprint density at radius 2 is 1.68 bits per heavy atom. The fourth-order valence-electron chi connectivity index (χ4n) is 3.73. The highest BCUT2D eigenvalue weighted by atomic mass is 19.4. The van der Waals surface area contributed by atoms with Crippen molar-refractivity contribution in [3.05, 3.63) is 35.5 Å². The maximum atomic E-state index is 12.3. The molecule has 2 amide bonds. The van der Waals surface area contributed by atoms with Crippen LogP contribution in [0.1, 0.15) is 36.9 Å². The molecule has 1 fully saturated rings. The summed E-state index contributed by atoms with van der Waals surface area (Å²) in [5, 5.41) is 16.6. The number of aliphatic carboxylic acids is 1. The van der Waals surface area contributed by atoms with E-state index in [0.29, 0.717) is 23.4 Å². The van der Waals surface area contributed by atoms with Crippen molar-refractivity contribution in [1.82, 2.24) is 15.3 Å². The molecule has 1 aromatic carbocycles. The van der Waals surface area contributed by atoms with Crippen molar-refractivity contribution >= 4 is 29.5 Å². The summed E-state index contributed by atoms with van der Waals surface area (Å²) in [7, 11) is 5.59. The smallest absolute Gasteiger partial charge is 0.490 e. The Kier molecular flexibility index (Phi) is 10.3. The number of nitrogens with zero attached hydrogens (tertiary/aromatic N) is 3. The molecule has 0 radical (unpaired) electrons. The van der Waals surface area contributed by atoms with Crippen molar-refractivity contribution in [2.45, 2.75) is 57.8 Å². The number of amides is 2. The van der Waals surface area contributed by atoms with Gasteiger partial charge >= 0.3 is 18.2 Å². The van der Waals surface area contributed by atoms with E-state index in [4.69, 9.17) is 14.6 Å². The Morgan fingerprint density at radius 1 is 1.08 bits per heavy atom. The van der Waals surface area contributed by atoms with E-state index in [1.807, 2.05) is 51.0 Å². The summed E-state index contributed by atoms with van der Waals surface area (Å²) in [6.07, 6.45) is -1.35. The minimum atomic E-state index is -5.08. The third-order valence-electron chi connectivity index (χ3n) is 5.75. The summed E-state index contributed by atoms with van der Waals surface area (Å²) in [5.41, 5.74) is 2.80. The molecule has 0 spiro atoms. The third-order valence-corrected chi connectivity index (χ3v) is 5.75. The lowest BCUT2D eigenvalue weighted by Crippen LogP contribution is -2.42. The van der Waals surface area contributed by atoms with Gasteiger partial charge in [0, 0.05) is 49.2 Å². The predicted octanol–water partition coefficient (Wildman–Crippen LogP) is 4.35. The number of benzene rings is 1. The molecule has 13 heteroatoms. The first kappa shape index (κ1) is 29.5. The van der Waals surface area contributed by atoms with Crippen molar-refractivity contribution in [3.8, 4) is 5.75 Å². The number of hydrogen-bond donors (Lipinski definition) is 4. The number of hydrogen-bond acceptors (Lipinski definition) is 7. The zero-order chi connectivity index (χ0) is 27.8. The third kappa shape index (κ3) is 9.32. The number of nitrogens with one attached hydrogen (secondary N) is 3. The van der Waals surface area contributed by atoms with Gasteiger partial charge in [-0.25, -0.2) is 14.6 Å². The molecule has 0 bridgehead atoms. The average Bonchev–Trinajstić information content (AvgIpc) is 2.82. The summed E-state index contributed by atoms with van der Waals surface area (Å²) in [6, 6.07) is 7.61.